The van der Waals surface area contributed by atoms with Crippen molar-refractivity contribution in [3.8, 4) is 22.6 Å². The zero-order valence-corrected chi connectivity index (χ0v) is 11.4. The van der Waals surface area contributed by atoms with Gasteiger partial charge in [-0.3, -0.25) is 0 Å². The van der Waals surface area contributed by atoms with Crippen LogP contribution in [0.15, 0.2) is 36.4 Å². The minimum absolute atomic E-state index is 0.101. The molecule has 0 aliphatic heterocycles. The molecule has 2 aromatic rings. The lowest BCUT2D eigenvalue weighted by Gasteiger charge is -2.10. The van der Waals surface area contributed by atoms with Gasteiger partial charge in [0.15, 0.2) is 0 Å². The van der Waals surface area contributed by atoms with Crippen LogP contribution in [0.2, 0.25) is 0 Å². The van der Waals surface area contributed by atoms with Gasteiger partial charge in [0.2, 0.25) is 0 Å². The Morgan fingerprint density at radius 1 is 1.15 bits per heavy atom. The number of ether oxygens (including phenoxy) is 1. The van der Waals surface area contributed by atoms with E-state index in [0.29, 0.717) is 0 Å². The normalized spacial score (nSPS) is 10.3. The second-order valence-electron chi connectivity index (χ2n) is 4.42. The molecule has 4 heteroatoms. The molecule has 4 nitrogen and oxygen atoms in total. The van der Waals surface area contributed by atoms with Gasteiger partial charge < -0.3 is 14.9 Å². The highest BCUT2D eigenvalue weighted by molar-refractivity contribution is 5.92. The summed E-state index contributed by atoms with van der Waals surface area (Å²) in [4.78, 5) is 11.0. The van der Waals surface area contributed by atoms with Crippen LogP contribution in [0.3, 0.4) is 0 Å². The van der Waals surface area contributed by atoms with Gasteiger partial charge >= 0.3 is 5.97 Å². The van der Waals surface area contributed by atoms with Gasteiger partial charge in [-0.25, -0.2) is 4.79 Å². The standard InChI is InChI=1S/C16H16O4/c1-3-10-8-11(5-7-15(10)20-2)12-4-6-14(17)13(9-12)16(18)19/h4-9,17H,3H2,1-2H3,(H,18,19). The molecule has 0 atom stereocenters. The SMILES string of the molecule is CCc1cc(-c2ccc(O)c(C(=O)O)c2)ccc1OC. The van der Waals surface area contributed by atoms with Crippen LogP contribution >= 0.6 is 0 Å². The molecule has 0 bridgehead atoms. The van der Waals surface area contributed by atoms with Gasteiger partial charge in [0.1, 0.15) is 17.1 Å². The van der Waals surface area contributed by atoms with E-state index in [-0.39, 0.29) is 11.3 Å². The Hall–Kier alpha value is -2.49. The van der Waals surface area contributed by atoms with Crippen LogP contribution in [0.1, 0.15) is 22.8 Å². The molecule has 0 saturated carbocycles. The fourth-order valence-electron chi connectivity index (χ4n) is 2.12. The van der Waals surface area contributed by atoms with E-state index in [1.54, 1.807) is 13.2 Å². The molecule has 0 fully saturated rings. The monoisotopic (exact) mass is 272 g/mol. The van der Waals surface area contributed by atoms with Gasteiger partial charge in [0.05, 0.1) is 7.11 Å². The van der Waals surface area contributed by atoms with Crippen molar-refractivity contribution in [1.29, 1.82) is 0 Å². The lowest BCUT2D eigenvalue weighted by atomic mass is 9.99. The number of benzene rings is 2. The Labute approximate surface area is 117 Å². The fourth-order valence-corrected chi connectivity index (χ4v) is 2.12. The molecule has 2 rings (SSSR count). The van der Waals surface area contributed by atoms with Gasteiger partial charge in [-0.05, 0) is 47.4 Å². The first-order chi connectivity index (χ1) is 9.56. The van der Waals surface area contributed by atoms with E-state index in [1.807, 2.05) is 25.1 Å². The van der Waals surface area contributed by atoms with Crippen molar-refractivity contribution in [3.05, 3.63) is 47.5 Å². The predicted octanol–water partition coefficient (Wildman–Crippen LogP) is 3.33. The minimum atomic E-state index is -1.14. The number of aryl methyl sites for hydroxylation is 1. The summed E-state index contributed by atoms with van der Waals surface area (Å²) >= 11 is 0. The van der Waals surface area contributed by atoms with E-state index in [9.17, 15) is 9.90 Å². The Morgan fingerprint density at radius 3 is 2.40 bits per heavy atom. The molecule has 0 aliphatic carbocycles. The average Bonchev–Trinajstić information content (AvgIpc) is 2.46. The predicted molar refractivity (Wildman–Crippen MR) is 76.4 cm³/mol. The lowest BCUT2D eigenvalue weighted by molar-refractivity contribution is 0.0694. The number of hydrogen-bond acceptors (Lipinski definition) is 3. The van der Waals surface area contributed by atoms with E-state index in [0.717, 1.165) is 28.9 Å². The number of rotatable bonds is 4. The van der Waals surface area contributed by atoms with Crippen molar-refractivity contribution in [3.63, 3.8) is 0 Å². The molecular formula is C16H16O4. The molecule has 2 aromatic carbocycles. The highest BCUT2D eigenvalue weighted by atomic mass is 16.5. The maximum absolute atomic E-state index is 11.0. The van der Waals surface area contributed by atoms with Crippen molar-refractivity contribution in [2.45, 2.75) is 13.3 Å². The summed E-state index contributed by atoms with van der Waals surface area (Å²) in [7, 11) is 1.62. The summed E-state index contributed by atoms with van der Waals surface area (Å²) in [6.07, 6.45) is 0.820. The average molecular weight is 272 g/mol. The number of carboxylic acid groups (broad SMARTS) is 1. The first-order valence-corrected chi connectivity index (χ1v) is 6.30. The van der Waals surface area contributed by atoms with Crippen LogP contribution < -0.4 is 4.74 Å². The summed E-state index contributed by atoms with van der Waals surface area (Å²) < 4.78 is 5.27. The molecule has 2 N–H and O–H groups in total. The number of methoxy groups -OCH3 is 1. The third-order valence-corrected chi connectivity index (χ3v) is 3.22. The number of aromatic carboxylic acids is 1. The summed E-state index contributed by atoms with van der Waals surface area (Å²) in [6.45, 7) is 2.03. The zero-order valence-electron chi connectivity index (χ0n) is 11.4. The lowest BCUT2D eigenvalue weighted by Crippen LogP contribution is -1.97. The van der Waals surface area contributed by atoms with Crippen molar-refractivity contribution in [1.82, 2.24) is 0 Å². The van der Waals surface area contributed by atoms with Crippen molar-refractivity contribution >= 4 is 5.97 Å². The van der Waals surface area contributed by atoms with Crippen molar-refractivity contribution < 1.29 is 19.7 Å². The third kappa shape index (κ3) is 2.59. The second-order valence-corrected chi connectivity index (χ2v) is 4.42. The van der Waals surface area contributed by atoms with Crippen LogP contribution in [-0.2, 0) is 6.42 Å². The largest absolute Gasteiger partial charge is 0.507 e. The highest BCUT2D eigenvalue weighted by Crippen LogP contribution is 2.30. The Morgan fingerprint density at radius 2 is 1.80 bits per heavy atom. The highest BCUT2D eigenvalue weighted by Gasteiger charge is 2.12. The molecule has 0 heterocycles. The summed E-state index contributed by atoms with van der Waals surface area (Å²) in [5.41, 5.74) is 2.59. The van der Waals surface area contributed by atoms with Crippen LogP contribution in [-0.4, -0.2) is 23.3 Å². The van der Waals surface area contributed by atoms with Gasteiger partial charge in [-0.2, -0.15) is 0 Å². The molecule has 0 aromatic heterocycles. The number of phenols is 1. The third-order valence-electron chi connectivity index (χ3n) is 3.22. The molecule has 0 saturated heterocycles. The zero-order chi connectivity index (χ0) is 14.7. The maximum Gasteiger partial charge on any atom is 0.339 e. The number of hydrogen-bond donors (Lipinski definition) is 2. The van der Waals surface area contributed by atoms with E-state index < -0.39 is 5.97 Å². The molecule has 0 aliphatic rings. The number of carboxylic acids is 1. The van der Waals surface area contributed by atoms with E-state index in [4.69, 9.17) is 9.84 Å². The van der Waals surface area contributed by atoms with Gasteiger partial charge in [0, 0.05) is 0 Å². The first kappa shape index (κ1) is 13.9. The van der Waals surface area contributed by atoms with Crippen LogP contribution in [0.4, 0.5) is 0 Å². The Kier molecular flexibility index (Phi) is 3.94. The maximum atomic E-state index is 11.0. The van der Waals surface area contributed by atoms with Gasteiger partial charge in [-0.15, -0.1) is 0 Å². The molecule has 0 amide bonds. The topological polar surface area (TPSA) is 66.8 Å². The summed E-state index contributed by atoms with van der Waals surface area (Å²) in [6, 6.07) is 10.3. The van der Waals surface area contributed by atoms with Gasteiger partial charge in [0.25, 0.3) is 0 Å². The van der Waals surface area contributed by atoms with Crippen LogP contribution in [0.25, 0.3) is 11.1 Å². The van der Waals surface area contributed by atoms with Crippen molar-refractivity contribution in [2.24, 2.45) is 0 Å². The number of aromatic hydroxyl groups is 1. The Bertz CT molecular complexity index is 647. The molecule has 0 radical (unpaired) electrons. The molecule has 104 valence electrons. The summed E-state index contributed by atoms with van der Waals surface area (Å²) in [5, 5.41) is 18.6. The molecule has 20 heavy (non-hydrogen) atoms. The number of carbonyl (C=O) groups is 1. The quantitative estimate of drug-likeness (QED) is 0.896. The minimum Gasteiger partial charge on any atom is -0.507 e. The van der Waals surface area contributed by atoms with E-state index in [1.165, 1.54) is 12.1 Å². The molecule has 0 unspecified atom stereocenters. The van der Waals surface area contributed by atoms with E-state index in [2.05, 4.69) is 0 Å². The second kappa shape index (κ2) is 5.65. The van der Waals surface area contributed by atoms with E-state index >= 15 is 0 Å². The summed E-state index contributed by atoms with van der Waals surface area (Å²) in [5.74, 6) is -0.562. The van der Waals surface area contributed by atoms with Crippen LogP contribution in [0.5, 0.6) is 11.5 Å². The molecular weight excluding hydrogens is 256 g/mol. The van der Waals surface area contributed by atoms with Crippen molar-refractivity contribution in [2.75, 3.05) is 7.11 Å². The fraction of sp³-hybridized carbons (Fsp3) is 0.188. The van der Waals surface area contributed by atoms with Crippen LogP contribution in [0, 0.1) is 0 Å². The Balaban J connectivity index is 2.51. The first-order valence-electron chi connectivity index (χ1n) is 6.30. The van der Waals surface area contributed by atoms with Gasteiger partial charge in [-0.1, -0.05) is 19.1 Å². The molecule has 0 spiro atoms. The smallest absolute Gasteiger partial charge is 0.339 e.